The van der Waals surface area contributed by atoms with E-state index in [1.165, 1.54) is 6.07 Å². The molecule has 0 saturated heterocycles. The molecule has 1 aromatic heterocycles. The Balaban J connectivity index is 2.48. The van der Waals surface area contributed by atoms with Crippen molar-refractivity contribution in [3.8, 4) is 11.1 Å². The Morgan fingerprint density at radius 1 is 1.39 bits per heavy atom. The largest absolute Gasteiger partial charge is 0.319 e. The molecule has 0 atom stereocenters. The fraction of sp³-hybridized carbons (Fsp3) is 0.357. The molecule has 96 valence electrons. The molecule has 0 bridgehead atoms. The first-order chi connectivity index (χ1) is 8.63. The lowest BCUT2D eigenvalue weighted by Crippen LogP contribution is -2.11. The fourth-order valence-electron chi connectivity index (χ4n) is 2.11. The molecule has 0 unspecified atom stereocenters. The van der Waals surface area contributed by atoms with Crippen molar-refractivity contribution in [3.05, 3.63) is 41.5 Å². The van der Waals surface area contributed by atoms with Crippen LogP contribution in [0.5, 0.6) is 0 Å². The van der Waals surface area contributed by atoms with Crippen LogP contribution in [-0.4, -0.2) is 23.4 Å². The maximum Gasteiger partial charge on any atom is 0.123 e. The highest BCUT2D eigenvalue weighted by molar-refractivity contribution is 5.68. The van der Waals surface area contributed by atoms with Gasteiger partial charge in [-0.2, -0.15) is 5.10 Å². The van der Waals surface area contributed by atoms with Gasteiger partial charge in [0.15, 0.2) is 0 Å². The number of hydrogen-bond donors (Lipinski definition) is 1. The molecular formula is C14H18FN3. The van der Waals surface area contributed by atoms with Crippen molar-refractivity contribution in [1.82, 2.24) is 15.1 Å². The number of hydrogen-bond acceptors (Lipinski definition) is 2. The molecule has 1 aromatic carbocycles. The molecule has 0 amide bonds. The van der Waals surface area contributed by atoms with E-state index in [9.17, 15) is 4.39 Å². The summed E-state index contributed by atoms with van der Waals surface area (Å²) in [7, 11) is 3.83. The lowest BCUT2D eigenvalue weighted by Gasteiger charge is -2.04. The molecular weight excluding hydrogens is 229 g/mol. The van der Waals surface area contributed by atoms with Gasteiger partial charge in [0.25, 0.3) is 0 Å². The van der Waals surface area contributed by atoms with E-state index in [1.54, 1.807) is 12.1 Å². The average molecular weight is 247 g/mol. The molecule has 18 heavy (non-hydrogen) atoms. The van der Waals surface area contributed by atoms with Crippen molar-refractivity contribution in [2.24, 2.45) is 7.05 Å². The highest BCUT2D eigenvalue weighted by Crippen LogP contribution is 2.27. The Morgan fingerprint density at radius 3 is 2.83 bits per heavy atom. The topological polar surface area (TPSA) is 29.9 Å². The number of aromatic nitrogens is 2. The summed E-state index contributed by atoms with van der Waals surface area (Å²) in [6.45, 7) is 2.87. The van der Waals surface area contributed by atoms with Gasteiger partial charge in [-0.25, -0.2) is 4.39 Å². The Morgan fingerprint density at radius 2 is 2.17 bits per heavy atom. The Bertz CT molecular complexity index is 546. The Labute approximate surface area is 107 Å². The summed E-state index contributed by atoms with van der Waals surface area (Å²) in [6, 6.07) is 6.68. The number of nitrogens with one attached hydrogen (secondary N) is 1. The number of aryl methyl sites for hydroxylation is 1. The van der Waals surface area contributed by atoms with Gasteiger partial charge in [0.1, 0.15) is 5.82 Å². The van der Waals surface area contributed by atoms with Crippen LogP contribution in [0.15, 0.2) is 24.3 Å². The smallest absolute Gasteiger partial charge is 0.123 e. The summed E-state index contributed by atoms with van der Waals surface area (Å²) in [5.41, 5.74) is 4.01. The molecule has 0 aliphatic heterocycles. The molecule has 0 spiro atoms. The summed E-state index contributed by atoms with van der Waals surface area (Å²) < 4.78 is 15.2. The lowest BCUT2D eigenvalue weighted by atomic mass is 10.0. The van der Waals surface area contributed by atoms with Gasteiger partial charge in [0.05, 0.1) is 5.69 Å². The van der Waals surface area contributed by atoms with Crippen LogP contribution in [-0.2, 0) is 13.5 Å². The molecule has 2 aromatic rings. The van der Waals surface area contributed by atoms with E-state index >= 15 is 0 Å². The highest BCUT2D eigenvalue weighted by atomic mass is 19.1. The first-order valence-electron chi connectivity index (χ1n) is 6.06. The zero-order chi connectivity index (χ0) is 13.1. The number of halogens is 1. The minimum Gasteiger partial charge on any atom is -0.319 e. The van der Waals surface area contributed by atoms with Crippen molar-refractivity contribution in [1.29, 1.82) is 0 Å². The van der Waals surface area contributed by atoms with Gasteiger partial charge in [-0.1, -0.05) is 12.1 Å². The molecule has 0 aliphatic carbocycles. The van der Waals surface area contributed by atoms with Crippen LogP contribution in [0.1, 0.15) is 11.4 Å². The number of nitrogens with zero attached hydrogens (tertiary/aromatic N) is 2. The monoisotopic (exact) mass is 247 g/mol. The molecule has 0 radical (unpaired) electrons. The summed E-state index contributed by atoms with van der Waals surface area (Å²) in [5.74, 6) is -0.213. The molecule has 4 heteroatoms. The third-order valence-electron chi connectivity index (χ3n) is 3.13. The van der Waals surface area contributed by atoms with Crippen molar-refractivity contribution in [2.45, 2.75) is 13.3 Å². The Kier molecular flexibility index (Phi) is 3.77. The third-order valence-corrected chi connectivity index (χ3v) is 3.13. The van der Waals surface area contributed by atoms with E-state index in [4.69, 9.17) is 0 Å². The summed E-state index contributed by atoms with van der Waals surface area (Å²) in [5, 5.41) is 7.62. The van der Waals surface area contributed by atoms with E-state index in [0.717, 1.165) is 35.5 Å². The van der Waals surface area contributed by atoms with E-state index in [1.807, 2.05) is 31.8 Å². The highest BCUT2D eigenvalue weighted by Gasteiger charge is 2.14. The molecule has 1 N–H and O–H groups in total. The molecule has 1 heterocycles. The van der Waals surface area contributed by atoms with Crippen molar-refractivity contribution < 1.29 is 4.39 Å². The molecule has 3 nitrogen and oxygen atoms in total. The first kappa shape index (κ1) is 12.8. The first-order valence-corrected chi connectivity index (χ1v) is 6.06. The van der Waals surface area contributed by atoms with Gasteiger partial charge >= 0.3 is 0 Å². The molecule has 0 saturated carbocycles. The number of benzene rings is 1. The van der Waals surface area contributed by atoms with Gasteiger partial charge in [-0.3, -0.25) is 4.68 Å². The van der Waals surface area contributed by atoms with Gasteiger partial charge < -0.3 is 5.32 Å². The predicted octanol–water partition coefficient (Wildman–Crippen LogP) is 2.30. The zero-order valence-electron chi connectivity index (χ0n) is 11.0. The van der Waals surface area contributed by atoms with E-state index in [2.05, 4.69) is 10.4 Å². The summed E-state index contributed by atoms with van der Waals surface area (Å²) in [4.78, 5) is 0. The fourth-order valence-corrected chi connectivity index (χ4v) is 2.11. The van der Waals surface area contributed by atoms with Crippen LogP contribution < -0.4 is 5.32 Å². The third kappa shape index (κ3) is 2.43. The standard InChI is InChI=1S/C14H18FN3/c1-10-14(11-5-4-6-12(15)9-11)13(7-8-16-2)17-18(10)3/h4-6,9,16H,7-8H2,1-3H3. The van der Waals surface area contributed by atoms with Gasteiger partial charge in [-0.05, 0) is 31.7 Å². The quantitative estimate of drug-likeness (QED) is 0.898. The van der Waals surface area contributed by atoms with Crippen LogP contribution in [0.3, 0.4) is 0 Å². The van der Waals surface area contributed by atoms with Gasteiger partial charge in [0.2, 0.25) is 0 Å². The second-order valence-corrected chi connectivity index (χ2v) is 4.39. The second kappa shape index (κ2) is 5.31. The average Bonchev–Trinajstić information content (AvgIpc) is 2.62. The van der Waals surface area contributed by atoms with Crippen LogP contribution in [0.4, 0.5) is 4.39 Å². The van der Waals surface area contributed by atoms with Crippen molar-refractivity contribution in [2.75, 3.05) is 13.6 Å². The maximum absolute atomic E-state index is 13.3. The van der Waals surface area contributed by atoms with E-state index < -0.39 is 0 Å². The minimum absolute atomic E-state index is 0.213. The van der Waals surface area contributed by atoms with Crippen LogP contribution in [0.2, 0.25) is 0 Å². The minimum atomic E-state index is -0.213. The Hall–Kier alpha value is -1.68. The predicted molar refractivity (Wildman–Crippen MR) is 71.0 cm³/mol. The summed E-state index contributed by atoms with van der Waals surface area (Å²) >= 11 is 0. The SMILES string of the molecule is CNCCc1nn(C)c(C)c1-c1cccc(F)c1. The van der Waals surface area contributed by atoms with Gasteiger partial charge in [0, 0.05) is 31.3 Å². The van der Waals surface area contributed by atoms with Crippen LogP contribution in [0, 0.1) is 12.7 Å². The number of rotatable bonds is 4. The van der Waals surface area contributed by atoms with Crippen molar-refractivity contribution >= 4 is 0 Å². The summed E-state index contributed by atoms with van der Waals surface area (Å²) in [6.07, 6.45) is 0.837. The molecule has 0 aliphatic rings. The normalized spacial score (nSPS) is 10.9. The van der Waals surface area contributed by atoms with Crippen LogP contribution in [0.25, 0.3) is 11.1 Å². The molecule has 2 rings (SSSR count). The lowest BCUT2D eigenvalue weighted by molar-refractivity contribution is 0.628. The maximum atomic E-state index is 13.3. The van der Waals surface area contributed by atoms with E-state index in [0.29, 0.717) is 0 Å². The second-order valence-electron chi connectivity index (χ2n) is 4.39. The zero-order valence-corrected chi connectivity index (χ0v) is 11.0. The van der Waals surface area contributed by atoms with E-state index in [-0.39, 0.29) is 5.82 Å². The van der Waals surface area contributed by atoms with Crippen LogP contribution >= 0.6 is 0 Å². The number of likely N-dealkylation sites (N-methyl/N-ethyl adjacent to an activating group) is 1. The van der Waals surface area contributed by atoms with Crippen molar-refractivity contribution in [3.63, 3.8) is 0 Å². The van der Waals surface area contributed by atoms with Gasteiger partial charge in [-0.15, -0.1) is 0 Å². The molecule has 0 fully saturated rings.